The maximum absolute atomic E-state index is 6.31. The second-order valence-corrected chi connectivity index (χ2v) is 7.34. The topological polar surface area (TPSA) is 12.4 Å². The van der Waals surface area contributed by atoms with E-state index < -0.39 is 4.33 Å². The van der Waals surface area contributed by atoms with E-state index in [0.29, 0.717) is 6.42 Å². The molecule has 0 bridgehead atoms. The lowest BCUT2D eigenvalue weighted by Gasteiger charge is -2.20. The molecule has 1 aromatic carbocycles. The predicted octanol–water partition coefficient (Wildman–Crippen LogP) is 5.40. The highest BCUT2D eigenvalue weighted by atomic mass is 35.5. The van der Waals surface area contributed by atoms with Gasteiger partial charge in [-0.15, -0.1) is 11.6 Å². The van der Waals surface area contributed by atoms with E-state index in [0.717, 1.165) is 5.56 Å². The van der Waals surface area contributed by atoms with Crippen molar-refractivity contribution in [2.24, 2.45) is 4.99 Å². The van der Waals surface area contributed by atoms with Crippen LogP contribution < -0.4 is 0 Å². The van der Waals surface area contributed by atoms with E-state index >= 15 is 0 Å². The molecule has 4 heteroatoms. The smallest absolute Gasteiger partial charge is 0.154 e. The number of rotatable bonds is 4. The molecule has 1 atom stereocenters. The van der Waals surface area contributed by atoms with Crippen LogP contribution in [0.25, 0.3) is 0 Å². The van der Waals surface area contributed by atoms with E-state index in [1.54, 1.807) is 6.21 Å². The Morgan fingerprint density at radius 1 is 1.17 bits per heavy atom. The van der Waals surface area contributed by atoms with Crippen LogP contribution in [0, 0.1) is 0 Å². The van der Waals surface area contributed by atoms with Gasteiger partial charge in [-0.05, 0) is 26.3 Å². The average molecular weight is 307 g/mol. The molecule has 100 valence electrons. The molecule has 18 heavy (non-hydrogen) atoms. The Labute approximate surface area is 124 Å². The monoisotopic (exact) mass is 305 g/mol. The molecule has 1 rings (SSSR count). The summed E-state index contributed by atoms with van der Waals surface area (Å²) in [5.41, 5.74) is 0.817. The second kappa shape index (κ2) is 6.27. The summed E-state index contributed by atoms with van der Waals surface area (Å²) >= 11 is 18.7. The second-order valence-electron chi connectivity index (χ2n) is 5.27. The predicted molar refractivity (Wildman–Crippen MR) is 82.3 cm³/mol. The molecule has 0 fully saturated rings. The maximum atomic E-state index is 6.31. The van der Waals surface area contributed by atoms with Crippen molar-refractivity contribution in [3.63, 3.8) is 0 Å². The first-order valence-electron chi connectivity index (χ1n) is 5.83. The van der Waals surface area contributed by atoms with Gasteiger partial charge >= 0.3 is 0 Å². The fraction of sp³-hybridized carbons (Fsp3) is 0.500. The molecule has 0 saturated heterocycles. The van der Waals surface area contributed by atoms with Crippen molar-refractivity contribution >= 4 is 41.0 Å². The molecule has 0 N–H and O–H groups in total. The molecular weight excluding hydrogens is 289 g/mol. The van der Waals surface area contributed by atoms with Gasteiger partial charge in [-0.1, -0.05) is 53.5 Å². The summed E-state index contributed by atoms with van der Waals surface area (Å²) in [6, 6.07) is 9.75. The van der Waals surface area contributed by atoms with Crippen molar-refractivity contribution in [1.82, 2.24) is 0 Å². The van der Waals surface area contributed by atoms with Crippen molar-refractivity contribution in [1.29, 1.82) is 0 Å². The minimum Gasteiger partial charge on any atom is -0.289 e. The molecule has 1 aromatic rings. The first kappa shape index (κ1) is 15.8. The first-order valence-corrected chi connectivity index (χ1v) is 7.02. The van der Waals surface area contributed by atoms with Crippen molar-refractivity contribution in [2.75, 3.05) is 0 Å². The minimum absolute atomic E-state index is 0.191. The van der Waals surface area contributed by atoms with Crippen LogP contribution in [0.5, 0.6) is 0 Å². The van der Waals surface area contributed by atoms with Gasteiger partial charge in [0.15, 0.2) is 4.33 Å². The summed E-state index contributed by atoms with van der Waals surface area (Å²) < 4.78 is -1.05. The highest BCUT2D eigenvalue weighted by molar-refractivity contribution is 6.56. The van der Waals surface area contributed by atoms with Crippen LogP contribution >= 0.6 is 34.8 Å². The van der Waals surface area contributed by atoms with Gasteiger partial charge in [-0.3, -0.25) is 4.99 Å². The van der Waals surface area contributed by atoms with Gasteiger partial charge in [-0.2, -0.15) is 0 Å². The van der Waals surface area contributed by atoms with E-state index in [-0.39, 0.29) is 10.9 Å². The molecule has 0 spiro atoms. The number of benzene rings is 1. The normalized spacial score (nSPS) is 15.0. The van der Waals surface area contributed by atoms with Gasteiger partial charge in [0.25, 0.3) is 0 Å². The fourth-order valence-electron chi connectivity index (χ4n) is 1.36. The highest BCUT2D eigenvalue weighted by Crippen LogP contribution is 2.35. The van der Waals surface area contributed by atoms with E-state index in [1.165, 1.54) is 0 Å². The third-order valence-corrected chi connectivity index (χ3v) is 3.16. The Bertz CT molecular complexity index is 393. The molecule has 0 aliphatic heterocycles. The zero-order chi connectivity index (χ0) is 13.8. The Morgan fingerprint density at radius 3 is 2.22 bits per heavy atom. The Hall–Kier alpha value is -0.240. The zero-order valence-electron chi connectivity index (χ0n) is 10.8. The fourth-order valence-corrected chi connectivity index (χ4v) is 2.31. The lowest BCUT2D eigenvalue weighted by molar-refractivity contribution is 0.583. The number of hydrogen-bond acceptors (Lipinski definition) is 1. The molecule has 0 aliphatic carbocycles. The molecule has 0 saturated carbocycles. The van der Waals surface area contributed by atoms with Crippen LogP contribution in [0.15, 0.2) is 35.3 Å². The summed E-state index contributed by atoms with van der Waals surface area (Å²) in [6.07, 6.45) is 2.00. The van der Waals surface area contributed by atoms with Gasteiger partial charge in [0.2, 0.25) is 0 Å². The summed E-state index contributed by atoms with van der Waals surface area (Å²) in [4.78, 5) is 4.33. The molecule has 0 radical (unpaired) electrons. The average Bonchev–Trinajstić information content (AvgIpc) is 2.26. The van der Waals surface area contributed by atoms with Crippen molar-refractivity contribution in [2.45, 2.75) is 42.4 Å². The number of alkyl halides is 3. The van der Waals surface area contributed by atoms with Crippen LogP contribution in [0.1, 0.15) is 38.1 Å². The molecule has 0 aliphatic rings. The summed E-state index contributed by atoms with van der Waals surface area (Å²) in [7, 11) is 0. The summed E-state index contributed by atoms with van der Waals surface area (Å²) in [5.74, 6) is 0. The van der Waals surface area contributed by atoms with Crippen LogP contribution in [-0.4, -0.2) is 16.1 Å². The highest BCUT2D eigenvalue weighted by Gasteiger charge is 2.27. The molecular formula is C14H18Cl3N. The maximum Gasteiger partial charge on any atom is 0.154 e. The Kier molecular flexibility index (Phi) is 5.51. The van der Waals surface area contributed by atoms with Crippen LogP contribution in [0.3, 0.4) is 0 Å². The third kappa shape index (κ3) is 6.08. The minimum atomic E-state index is -1.05. The van der Waals surface area contributed by atoms with Gasteiger partial charge in [-0.25, -0.2) is 0 Å². The van der Waals surface area contributed by atoms with E-state index in [1.807, 2.05) is 51.1 Å². The molecule has 0 amide bonds. The largest absolute Gasteiger partial charge is 0.289 e. The number of halogens is 3. The zero-order valence-corrected chi connectivity index (χ0v) is 13.1. The molecule has 1 unspecified atom stereocenters. The van der Waals surface area contributed by atoms with Crippen LogP contribution in [0.4, 0.5) is 0 Å². The SMILES string of the molecule is CC(C)(C)N=CC(Cl)(Cl)CC(Cl)c1ccccc1. The summed E-state index contributed by atoms with van der Waals surface area (Å²) in [5, 5.41) is -0.229. The molecule has 1 nitrogen and oxygen atoms in total. The lowest BCUT2D eigenvalue weighted by atomic mass is 10.1. The van der Waals surface area contributed by atoms with Crippen molar-refractivity contribution in [3.8, 4) is 0 Å². The van der Waals surface area contributed by atoms with Crippen molar-refractivity contribution < 1.29 is 0 Å². The molecule has 0 aromatic heterocycles. The van der Waals surface area contributed by atoms with E-state index in [2.05, 4.69) is 4.99 Å². The van der Waals surface area contributed by atoms with Crippen molar-refractivity contribution in [3.05, 3.63) is 35.9 Å². The number of nitrogens with zero attached hydrogens (tertiary/aromatic N) is 1. The number of hydrogen-bond donors (Lipinski definition) is 0. The quantitative estimate of drug-likeness (QED) is 0.521. The Balaban J connectivity index is 2.69. The standard InChI is InChI=1S/C14H18Cl3N/c1-13(2,3)18-10-14(16,17)9-12(15)11-7-5-4-6-8-11/h4-8,10,12H,9H2,1-3H3. The van der Waals surface area contributed by atoms with Crippen LogP contribution in [-0.2, 0) is 0 Å². The number of aliphatic imine (C=N–C) groups is 1. The molecule has 0 heterocycles. The van der Waals surface area contributed by atoms with Crippen LogP contribution in [0.2, 0.25) is 0 Å². The van der Waals surface area contributed by atoms with E-state index in [4.69, 9.17) is 34.8 Å². The Morgan fingerprint density at radius 2 is 1.72 bits per heavy atom. The summed E-state index contributed by atoms with van der Waals surface area (Å²) in [6.45, 7) is 5.97. The van der Waals surface area contributed by atoms with Gasteiger partial charge in [0, 0.05) is 12.6 Å². The third-order valence-electron chi connectivity index (χ3n) is 2.25. The van der Waals surface area contributed by atoms with E-state index in [9.17, 15) is 0 Å². The van der Waals surface area contributed by atoms with Gasteiger partial charge in [0.05, 0.1) is 10.9 Å². The first-order chi connectivity index (χ1) is 8.20. The van der Waals surface area contributed by atoms with Gasteiger partial charge in [0.1, 0.15) is 0 Å². The van der Waals surface area contributed by atoms with Gasteiger partial charge < -0.3 is 0 Å². The lowest BCUT2D eigenvalue weighted by Crippen LogP contribution is -2.21.